The van der Waals surface area contributed by atoms with Gasteiger partial charge in [0.25, 0.3) is 0 Å². The smallest absolute Gasteiger partial charge is 0.431 e. The number of amides is 1. The molecule has 0 rings (SSSR count). The molecule has 0 saturated heterocycles. The van der Waals surface area contributed by atoms with Crippen molar-refractivity contribution in [3.8, 4) is 0 Å². The van der Waals surface area contributed by atoms with Gasteiger partial charge in [-0.3, -0.25) is 4.84 Å². The summed E-state index contributed by atoms with van der Waals surface area (Å²) in [6.07, 6.45) is -0.839. The summed E-state index contributed by atoms with van der Waals surface area (Å²) < 4.78 is 4.73. The zero-order valence-corrected chi connectivity index (χ0v) is 7.75. The molecular formula is C7H12NO5-. The molecule has 1 N–H and O–H groups in total. The van der Waals surface area contributed by atoms with Crippen LogP contribution in [0.2, 0.25) is 0 Å². The van der Waals surface area contributed by atoms with Gasteiger partial charge in [0.1, 0.15) is 12.2 Å². The molecular weight excluding hydrogens is 178 g/mol. The molecule has 0 fully saturated rings. The number of hydroxylamine groups is 1. The third kappa shape index (κ3) is 8.61. The van der Waals surface area contributed by atoms with Crippen molar-refractivity contribution in [2.24, 2.45) is 0 Å². The van der Waals surface area contributed by atoms with Gasteiger partial charge in [0.05, 0.1) is 5.97 Å². The monoisotopic (exact) mass is 190 g/mol. The van der Waals surface area contributed by atoms with Gasteiger partial charge in [-0.25, -0.2) is 4.79 Å². The largest absolute Gasteiger partial charge is 0.548 e. The number of carboxylic acid groups (broad SMARTS) is 1. The van der Waals surface area contributed by atoms with Crippen LogP contribution in [0.1, 0.15) is 20.8 Å². The van der Waals surface area contributed by atoms with E-state index >= 15 is 0 Å². The molecule has 76 valence electrons. The topological polar surface area (TPSA) is 87.7 Å². The first-order valence-corrected chi connectivity index (χ1v) is 3.62. The standard InChI is InChI=1S/C7H13NO5/c1-7(2,3)13-6(11)8-12-4-5(9)10/h4H2,1-3H3,(H,8,11)(H,9,10)/p-1. The first-order chi connectivity index (χ1) is 5.81. The summed E-state index contributed by atoms with van der Waals surface area (Å²) in [7, 11) is 0. The van der Waals surface area contributed by atoms with E-state index in [0.717, 1.165) is 0 Å². The summed E-state index contributed by atoms with van der Waals surface area (Å²) in [5.41, 5.74) is 1.14. The molecule has 0 aromatic rings. The van der Waals surface area contributed by atoms with Crippen molar-refractivity contribution in [2.75, 3.05) is 6.61 Å². The van der Waals surface area contributed by atoms with Crippen LogP contribution >= 0.6 is 0 Å². The molecule has 0 unspecified atom stereocenters. The lowest BCUT2D eigenvalue weighted by Crippen LogP contribution is -2.36. The average Bonchev–Trinajstić information content (AvgIpc) is 1.81. The van der Waals surface area contributed by atoms with Crippen molar-refractivity contribution >= 4 is 12.1 Å². The minimum Gasteiger partial charge on any atom is -0.548 e. The fraction of sp³-hybridized carbons (Fsp3) is 0.714. The van der Waals surface area contributed by atoms with Crippen LogP contribution in [0.25, 0.3) is 0 Å². The van der Waals surface area contributed by atoms with E-state index in [1.54, 1.807) is 26.3 Å². The SMILES string of the molecule is CC(C)(C)OC(=O)NOCC(=O)[O-]. The second-order valence-electron chi connectivity index (χ2n) is 3.26. The lowest BCUT2D eigenvalue weighted by molar-refractivity contribution is -0.310. The summed E-state index contributed by atoms with van der Waals surface area (Å²) >= 11 is 0. The van der Waals surface area contributed by atoms with Gasteiger partial charge in [0.15, 0.2) is 0 Å². The van der Waals surface area contributed by atoms with Crippen LogP contribution in [0.3, 0.4) is 0 Å². The van der Waals surface area contributed by atoms with E-state index in [2.05, 4.69) is 4.84 Å². The first kappa shape index (κ1) is 11.7. The number of hydrogen-bond acceptors (Lipinski definition) is 5. The number of carboxylic acids is 1. The minimum atomic E-state index is -1.42. The quantitative estimate of drug-likeness (QED) is 0.588. The molecule has 0 aliphatic carbocycles. The number of carbonyl (C=O) groups excluding carboxylic acids is 2. The maximum atomic E-state index is 10.8. The zero-order valence-electron chi connectivity index (χ0n) is 7.75. The van der Waals surface area contributed by atoms with Crippen LogP contribution in [-0.4, -0.2) is 24.3 Å². The van der Waals surface area contributed by atoms with E-state index in [1.807, 2.05) is 0 Å². The lowest BCUT2D eigenvalue weighted by atomic mass is 10.2. The predicted molar refractivity (Wildman–Crippen MR) is 40.3 cm³/mol. The Hall–Kier alpha value is -1.30. The molecule has 0 bridgehead atoms. The number of rotatable bonds is 3. The molecule has 1 amide bonds. The van der Waals surface area contributed by atoms with Crippen molar-refractivity contribution in [3.63, 3.8) is 0 Å². The maximum Gasteiger partial charge on any atom is 0.431 e. The van der Waals surface area contributed by atoms with Gasteiger partial charge < -0.3 is 14.6 Å². The highest BCUT2D eigenvalue weighted by Crippen LogP contribution is 2.05. The average molecular weight is 190 g/mol. The highest BCUT2D eigenvalue weighted by molar-refractivity contribution is 5.68. The fourth-order valence-electron chi connectivity index (χ4n) is 0.453. The Kier molecular flexibility index (Phi) is 4.19. The Bertz CT molecular complexity index is 196. The summed E-state index contributed by atoms with van der Waals surface area (Å²) in [6, 6.07) is 0. The van der Waals surface area contributed by atoms with Crippen molar-refractivity contribution in [1.82, 2.24) is 5.48 Å². The zero-order chi connectivity index (χ0) is 10.5. The Morgan fingerprint density at radius 1 is 1.38 bits per heavy atom. The summed E-state index contributed by atoms with van der Waals surface area (Å²) in [5.74, 6) is -1.42. The maximum absolute atomic E-state index is 10.8. The number of ether oxygens (including phenoxy) is 1. The van der Waals surface area contributed by atoms with Crippen LogP contribution in [0.15, 0.2) is 0 Å². The molecule has 0 radical (unpaired) electrons. The van der Waals surface area contributed by atoms with Gasteiger partial charge in [-0.05, 0) is 20.8 Å². The van der Waals surface area contributed by atoms with Crippen molar-refractivity contribution in [1.29, 1.82) is 0 Å². The third-order valence-corrected chi connectivity index (χ3v) is 0.744. The van der Waals surface area contributed by atoms with Crippen LogP contribution in [-0.2, 0) is 14.4 Å². The van der Waals surface area contributed by atoms with Gasteiger partial charge >= 0.3 is 6.09 Å². The molecule has 0 spiro atoms. The van der Waals surface area contributed by atoms with Crippen LogP contribution in [0.4, 0.5) is 4.79 Å². The van der Waals surface area contributed by atoms with Gasteiger partial charge in [0, 0.05) is 0 Å². The normalized spacial score (nSPS) is 10.7. The minimum absolute atomic E-state index is 0.644. The molecule has 0 saturated carbocycles. The lowest BCUT2D eigenvalue weighted by Gasteiger charge is -2.19. The molecule has 0 aliphatic heterocycles. The number of hydrogen-bond donors (Lipinski definition) is 1. The summed E-state index contributed by atoms with van der Waals surface area (Å²) in [4.78, 5) is 24.8. The highest BCUT2D eigenvalue weighted by Gasteiger charge is 2.15. The van der Waals surface area contributed by atoms with E-state index in [4.69, 9.17) is 4.74 Å². The van der Waals surface area contributed by atoms with Gasteiger partial charge in [-0.15, -0.1) is 0 Å². The first-order valence-electron chi connectivity index (χ1n) is 3.62. The number of carbonyl (C=O) groups is 2. The second-order valence-corrected chi connectivity index (χ2v) is 3.26. The molecule has 0 heterocycles. The van der Waals surface area contributed by atoms with Crippen LogP contribution in [0, 0.1) is 0 Å². The predicted octanol–water partition coefficient (Wildman–Crippen LogP) is -0.807. The Labute approximate surface area is 75.8 Å². The molecule has 6 nitrogen and oxygen atoms in total. The van der Waals surface area contributed by atoms with E-state index in [9.17, 15) is 14.7 Å². The Morgan fingerprint density at radius 3 is 2.31 bits per heavy atom. The van der Waals surface area contributed by atoms with Crippen LogP contribution in [0.5, 0.6) is 0 Å². The van der Waals surface area contributed by atoms with Gasteiger partial charge in [0.2, 0.25) is 0 Å². The molecule has 13 heavy (non-hydrogen) atoms. The third-order valence-electron chi connectivity index (χ3n) is 0.744. The molecule has 0 aromatic carbocycles. The summed E-state index contributed by atoms with van der Waals surface area (Å²) in [5, 5.41) is 9.84. The Morgan fingerprint density at radius 2 is 1.92 bits per heavy atom. The molecule has 0 aromatic heterocycles. The molecule has 0 atom stereocenters. The number of nitrogens with one attached hydrogen (secondary N) is 1. The van der Waals surface area contributed by atoms with Crippen LogP contribution < -0.4 is 10.6 Å². The highest BCUT2D eigenvalue weighted by atomic mass is 16.7. The van der Waals surface area contributed by atoms with E-state index in [-0.39, 0.29) is 0 Å². The second kappa shape index (κ2) is 4.66. The summed E-state index contributed by atoms with van der Waals surface area (Å²) in [6.45, 7) is 4.31. The molecule has 6 heteroatoms. The Balaban J connectivity index is 3.59. The van der Waals surface area contributed by atoms with Crippen molar-refractivity contribution < 1.29 is 24.3 Å². The molecule has 0 aliphatic rings. The van der Waals surface area contributed by atoms with E-state index < -0.39 is 24.3 Å². The fourth-order valence-corrected chi connectivity index (χ4v) is 0.453. The van der Waals surface area contributed by atoms with Gasteiger partial charge in [-0.2, -0.15) is 5.48 Å². The van der Waals surface area contributed by atoms with E-state index in [0.29, 0.717) is 0 Å². The van der Waals surface area contributed by atoms with E-state index in [1.165, 1.54) is 0 Å². The number of aliphatic carboxylic acids is 1. The van der Waals surface area contributed by atoms with Crippen molar-refractivity contribution in [2.45, 2.75) is 26.4 Å². The van der Waals surface area contributed by atoms with Gasteiger partial charge in [-0.1, -0.05) is 0 Å². The van der Waals surface area contributed by atoms with Crippen molar-refractivity contribution in [3.05, 3.63) is 0 Å².